The summed E-state index contributed by atoms with van der Waals surface area (Å²) in [7, 11) is 0. The van der Waals surface area contributed by atoms with Crippen molar-refractivity contribution in [2.75, 3.05) is 11.1 Å². The molecule has 4 nitrogen and oxygen atoms in total. The first-order chi connectivity index (χ1) is 9.51. The van der Waals surface area contributed by atoms with E-state index in [0.29, 0.717) is 10.6 Å². The number of amides is 1. The van der Waals surface area contributed by atoms with Crippen molar-refractivity contribution in [3.63, 3.8) is 0 Å². The van der Waals surface area contributed by atoms with Gasteiger partial charge in [-0.25, -0.2) is 4.79 Å². The zero-order valence-corrected chi connectivity index (χ0v) is 13.0. The van der Waals surface area contributed by atoms with Crippen molar-refractivity contribution in [3.8, 4) is 0 Å². The van der Waals surface area contributed by atoms with Crippen LogP contribution >= 0.6 is 23.1 Å². The summed E-state index contributed by atoms with van der Waals surface area (Å²) in [6.45, 7) is 1.95. The van der Waals surface area contributed by atoms with Gasteiger partial charge in [0.15, 0.2) is 0 Å². The number of aryl methyl sites for hydroxylation is 1. The summed E-state index contributed by atoms with van der Waals surface area (Å²) in [5, 5.41) is 12.8. The molecule has 1 unspecified atom stereocenters. The number of anilines is 1. The third kappa shape index (κ3) is 2.24. The number of carboxylic acid groups (broad SMARTS) is 1. The molecule has 1 saturated heterocycles. The highest BCUT2D eigenvalue weighted by atomic mass is 32.2. The van der Waals surface area contributed by atoms with Gasteiger partial charge in [-0.2, -0.15) is 0 Å². The zero-order valence-electron chi connectivity index (χ0n) is 11.3. The summed E-state index contributed by atoms with van der Waals surface area (Å²) in [5.41, 5.74) is 1.25. The lowest BCUT2D eigenvalue weighted by molar-refractivity contribution is -0.118. The monoisotopic (exact) mass is 311 g/mol. The second-order valence-corrected chi connectivity index (χ2v) is 8.21. The normalized spacial score (nSPS) is 24.6. The van der Waals surface area contributed by atoms with E-state index in [4.69, 9.17) is 0 Å². The van der Waals surface area contributed by atoms with Crippen molar-refractivity contribution in [1.29, 1.82) is 0 Å². The van der Waals surface area contributed by atoms with Crippen molar-refractivity contribution < 1.29 is 14.7 Å². The number of rotatable bonds is 3. The number of nitrogens with one attached hydrogen (secondary N) is 1. The first-order valence-electron chi connectivity index (χ1n) is 6.84. The van der Waals surface area contributed by atoms with Crippen LogP contribution in [-0.4, -0.2) is 27.5 Å². The van der Waals surface area contributed by atoms with Crippen molar-refractivity contribution in [2.24, 2.45) is 0 Å². The second kappa shape index (κ2) is 5.07. The predicted octanol–water partition coefficient (Wildman–Crippen LogP) is 3.16. The Kier molecular flexibility index (Phi) is 3.54. The van der Waals surface area contributed by atoms with Gasteiger partial charge < -0.3 is 10.4 Å². The molecule has 0 spiro atoms. The molecular formula is C14H17NO3S2. The molecule has 1 amide bonds. The molecule has 108 valence electrons. The Balaban J connectivity index is 1.88. The minimum Gasteiger partial charge on any atom is -0.478 e. The van der Waals surface area contributed by atoms with Crippen LogP contribution in [0, 0.1) is 0 Å². The number of hydrogen-bond donors (Lipinski definition) is 2. The number of aromatic carboxylic acids is 1. The number of carboxylic acids is 1. The average Bonchev–Trinajstić information content (AvgIpc) is 3.04. The van der Waals surface area contributed by atoms with Gasteiger partial charge >= 0.3 is 5.97 Å². The second-order valence-electron chi connectivity index (χ2n) is 5.50. The van der Waals surface area contributed by atoms with Crippen molar-refractivity contribution in [2.45, 2.75) is 43.8 Å². The van der Waals surface area contributed by atoms with Gasteiger partial charge in [0.2, 0.25) is 5.91 Å². The molecule has 0 radical (unpaired) electrons. The smallest absolute Gasteiger partial charge is 0.339 e. The van der Waals surface area contributed by atoms with E-state index in [0.717, 1.165) is 48.3 Å². The predicted molar refractivity (Wildman–Crippen MR) is 82.0 cm³/mol. The average molecular weight is 311 g/mol. The maximum atomic E-state index is 12.4. The fourth-order valence-corrected chi connectivity index (χ4v) is 5.40. The van der Waals surface area contributed by atoms with Gasteiger partial charge in [-0.15, -0.1) is 23.1 Å². The lowest BCUT2D eigenvalue weighted by Gasteiger charge is -2.21. The Labute approximate surface area is 125 Å². The number of fused-ring (bicyclic) bond motifs is 1. The number of carbonyl (C=O) groups excluding carboxylic acids is 1. The molecule has 2 aliphatic rings. The highest BCUT2D eigenvalue weighted by Crippen LogP contribution is 2.42. The summed E-state index contributed by atoms with van der Waals surface area (Å²) in [6.07, 6.45) is 4.67. The molecular weight excluding hydrogens is 294 g/mol. The van der Waals surface area contributed by atoms with E-state index in [9.17, 15) is 14.7 Å². The van der Waals surface area contributed by atoms with E-state index in [1.54, 1.807) is 11.8 Å². The van der Waals surface area contributed by atoms with Crippen LogP contribution in [-0.2, 0) is 17.6 Å². The molecule has 0 bridgehead atoms. The Morgan fingerprint density at radius 3 is 2.75 bits per heavy atom. The summed E-state index contributed by atoms with van der Waals surface area (Å²) in [5.74, 6) is 0.0164. The van der Waals surface area contributed by atoms with Crippen LogP contribution in [0.3, 0.4) is 0 Å². The Morgan fingerprint density at radius 1 is 1.30 bits per heavy atom. The molecule has 2 N–H and O–H groups in total. The minimum atomic E-state index is -0.927. The largest absolute Gasteiger partial charge is 0.478 e. The third-order valence-corrected chi connectivity index (χ3v) is 6.79. The molecule has 1 atom stereocenters. The van der Waals surface area contributed by atoms with E-state index in [-0.39, 0.29) is 5.91 Å². The Hall–Kier alpha value is -1.01. The molecule has 1 aromatic rings. The van der Waals surface area contributed by atoms with Crippen LogP contribution in [0.25, 0.3) is 0 Å². The van der Waals surface area contributed by atoms with Crippen LogP contribution in [0.1, 0.15) is 47.0 Å². The Morgan fingerprint density at radius 2 is 2.10 bits per heavy atom. The van der Waals surface area contributed by atoms with Crippen LogP contribution in [0.2, 0.25) is 0 Å². The van der Waals surface area contributed by atoms with Gasteiger partial charge in [0, 0.05) is 4.88 Å². The lowest BCUT2D eigenvalue weighted by atomic mass is 10.0. The summed E-state index contributed by atoms with van der Waals surface area (Å²) in [6, 6.07) is 0. The van der Waals surface area contributed by atoms with E-state index < -0.39 is 10.7 Å². The molecule has 3 rings (SSSR count). The maximum Gasteiger partial charge on any atom is 0.339 e. The summed E-state index contributed by atoms with van der Waals surface area (Å²) < 4.78 is -0.412. The number of thioether (sulfide) groups is 1. The lowest BCUT2D eigenvalue weighted by Crippen LogP contribution is -2.34. The van der Waals surface area contributed by atoms with E-state index in [1.807, 2.05) is 6.92 Å². The summed E-state index contributed by atoms with van der Waals surface area (Å²) in [4.78, 5) is 25.0. The van der Waals surface area contributed by atoms with Gasteiger partial charge in [0.25, 0.3) is 0 Å². The molecule has 1 aliphatic heterocycles. The van der Waals surface area contributed by atoms with Crippen LogP contribution < -0.4 is 5.32 Å². The molecule has 1 aromatic heterocycles. The van der Waals surface area contributed by atoms with Crippen LogP contribution in [0.15, 0.2) is 0 Å². The highest BCUT2D eigenvalue weighted by Gasteiger charge is 2.38. The SMILES string of the molecule is CC1(C(=O)Nc2sc3c(c2C(=O)O)CCC3)CCCS1. The fourth-order valence-electron chi connectivity index (χ4n) is 2.91. The van der Waals surface area contributed by atoms with E-state index in [1.165, 1.54) is 11.3 Å². The Bertz CT molecular complexity index is 573. The van der Waals surface area contributed by atoms with Gasteiger partial charge in [0.05, 0.1) is 10.3 Å². The molecule has 2 heterocycles. The molecule has 0 saturated carbocycles. The minimum absolute atomic E-state index is 0.0533. The first kappa shape index (κ1) is 13.9. The van der Waals surface area contributed by atoms with E-state index >= 15 is 0 Å². The quantitative estimate of drug-likeness (QED) is 0.900. The molecule has 1 aliphatic carbocycles. The van der Waals surface area contributed by atoms with Gasteiger partial charge in [0.1, 0.15) is 5.00 Å². The van der Waals surface area contributed by atoms with Crippen LogP contribution in [0.4, 0.5) is 5.00 Å². The molecule has 20 heavy (non-hydrogen) atoms. The maximum absolute atomic E-state index is 12.4. The van der Waals surface area contributed by atoms with Crippen molar-refractivity contribution in [1.82, 2.24) is 0 Å². The highest BCUT2D eigenvalue weighted by molar-refractivity contribution is 8.01. The van der Waals surface area contributed by atoms with Gasteiger partial charge in [-0.05, 0) is 50.3 Å². The molecule has 1 fully saturated rings. The number of hydrogen-bond acceptors (Lipinski definition) is 4. The third-order valence-electron chi connectivity index (χ3n) is 4.06. The van der Waals surface area contributed by atoms with Crippen molar-refractivity contribution >= 4 is 40.0 Å². The van der Waals surface area contributed by atoms with Crippen LogP contribution in [0.5, 0.6) is 0 Å². The number of thiophene rings is 1. The van der Waals surface area contributed by atoms with Gasteiger partial charge in [-0.1, -0.05) is 0 Å². The zero-order chi connectivity index (χ0) is 14.3. The fraction of sp³-hybridized carbons (Fsp3) is 0.571. The standard InChI is InChI=1S/C14H17NO3S2/c1-14(6-3-7-19-14)13(18)15-11-10(12(16)17)8-4-2-5-9(8)20-11/h2-7H2,1H3,(H,15,18)(H,16,17). The number of carbonyl (C=O) groups is 2. The summed E-state index contributed by atoms with van der Waals surface area (Å²) >= 11 is 3.10. The van der Waals surface area contributed by atoms with Gasteiger partial charge in [-0.3, -0.25) is 4.79 Å². The first-order valence-corrected chi connectivity index (χ1v) is 8.65. The topological polar surface area (TPSA) is 66.4 Å². The van der Waals surface area contributed by atoms with E-state index in [2.05, 4.69) is 5.32 Å². The molecule has 6 heteroatoms. The molecule has 0 aromatic carbocycles. The van der Waals surface area contributed by atoms with Crippen molar-refractivity contribution in [3.05, 3.63) is 16.0 Å².